The van der Waals surface area contributed by atoms with Gasteiger partial charge in [0.25, 0.3) is 0 Å². The number of hydrogen-bond acceptors (Lipinski definition) is 3. The van der Waals surface area contributed by atoms with E-state index in [9.17, 15) is 10.2 Å². The minimum Gasteiger partial charge on any atom is -0.392 e. The summed E-state index contributed by atoms with van der Waals surface area (Å²) in [5, 5.41) is 20.5. The van der Waals surface area contributed by atoms with Gasteiger partial charge in [0.05, 0.1) is 12.2 Å². The van der Waals surface area contributed by atoms with E-state index in [0.717, 1.165) is 37.2 Å². The van der Waals surface area contributed by atoms with Gasteiger partial charge in [-0.25, -0.2) is 0 Å². The fourth-order valence-corrected chi connectivity index (χ4v) is 6.67. The van der Waals surface area contributed by atoms with Gasteiger partial charge in [-0.05, 0) is 12.8 Å². The summed E-state index contributed by atoms with van der Waals surface area (Å²) in [6, 6.07) is 0. The van der Waals surface area contributed by atoms with Crippen molar-refractivity contribution in [1.82, 2.24) is 0 Å². The second kappa shape index (κ2) is 34.5. The third-order valence-electron chi connectivity index (χ3n) is 8.40. The molecule has 0 radical (unpaired) electrons. The van der Waals surface area contributed by atoms with Crippen LogP contribution in [0.1, 0.15) is 206 Å². The molecule has 0 aliphatic rings. The maximum absolute atomic E-state index is 10.3. The van der Waals surface area contributed by atoms with Crippen LogP contribution in [0.2, 0.25) is 0 Å². The lowest BCUT2D eigenvalue weighted by Crippen LogP contribution is -2.14. The van der Waals surface area contributed by atoms with Gasteiger partial charge in [0.15, 0.2) is 0 Å². The molecule has 0 saturated carbocycles. The van der Waals surface area contributed by atoms with Crippen molar-refractivity contribution in [1.29, 1.82) is 0 Å². The van der Waals surface area contributed by atoms with Crippen LogP contribution in [0, 0.1) is 0 Å². The van der Waals surface area contributed by atoms with Gasteiger partial charge in [0.1, 0.15) is 0 Å². The average Bonchev–Trinajstić information content (AvgIpc) is 2.93. The molecule has 0 aliphatic heterocycles. The maximum atomic E-state index is 10.3. The first-order chi connectivity index (χ1) is 19.2. The monoisotopic (exact) mass is 571 g/mol. The summed E-state index contributed by atoms with van der Waals surface area (Å²) in [5.74, 6) is 1.57. The molecule has 0 bridgehead atoms. The molecule has 0 rings (SSSR count). The molecule has 0 spiro atoms. The van der Waals surface area contributed by atoms with Gasteiger partial charge in [-0.1, -0.05) is 194 Å². The van der Waals surface area contributed by atoms with Crippen LogP contribution >= 0.6 is 11.8 Å². The molecular weight excluding hydrogens is 496 g/mol. The summed E-state index contributed by atoms with van der Waals surface area (Å²) >= 11 is 1.74. The zero-order chi connectivity index (χ0) is 28.5. The smallest absolute Gasteiger partial charge is 0.0630 e. The third-order valence-corrected chi connectivity index (χ3v) is 9.64. The van der Waals surface area contributed by atoms with Crippen molar-refractivity contribution in [3.63, 3.8) is 0 Å². The number of aliphatic hydroxyl groups excluding tert-OH is 2. The Morgan fingerprint density at radius 1 is 0.333 bits per heavy atom. The van der Waals surface area contributed by atoms with Crippen molar-refractivity contribution in [2.45, 2.75) is 219 Å². The highest BCUT2D eigenvalue weighted by molar-refractivity contribution is 7.99. The van der Waals surface area contributed by atoms with Crippen LogP contribution in [0.4, 0.5) is 0 Å². The zero-order valence-electron chi connectivity index (χ0n) is 27.1. The molecule has 2 atom stereocenters. The first-order valence-corrected chi connectivity index (χ1v) is 19.3. The minimum absolute atomic E-state index is 0.194. The van der Waals surface area contributed by atoms with Crippen LogP contribution in [0.3, 0.4) is 0 Å². The van der Waals surface area contributed by atoms with Crippen LogP contribution in [-0.2, 0) is 0 Å². The summed E-state index contributed by atoms with van der Waals surface area (Å²) in [7, 11) is 0. The van der Waals surface area contributed by atoms with E-state index >= 15 is 0 Å². The first kappa shape index (κ1) is 39.3. The van der Waals surface area contributed by atoms with E-state index in [1.54, 1.807) is 11.8 Å². The molecule has 0 aromatic heterocycles. The Morgan fingerprint density at radius 2 is 0.538 bits per heavy atom. The highest BCUT2D eigenvalue weighted by Crippen LogP contribution is 2.17. The highest BCUT2D eigenvalue weighted by Gasteiger charge is 2.08. The fraction of sp³-hybridized carbons (Fsp3) is 1.00. The van der Waals surface area contributed by atoms with E-state index < -0.39 is 0 Å². The van der Waals surface area contributed by atoms with E-state index in [0.29, 0.717) is 0 Å². The van der Waals surface area contributed by atoms with Crippen molar-refractivity contribution in [2.24, 2.45) is 0 Å². The van der Waals surface area contributed by atoms with E-state index in [1.807, 2.05) is 0 Å². The Kier molecular flexibility index (Phi) is 34.7. The SMILES string of the molecule is CCCCCCCCCCCCCCCCC(O)CSCC(O)CCCCCCCCCCCCCCCC. The Labute approximate surface area is 251 Å². The van der Waals surface area contributed by atoms with Gasteiger partial charge < -0.3 is 10.2 Å². The molecule has 236 valence electrons. The van der Waals surface area contributed by atoms with Gasteiger partial charge in [-0.15, -0.1) is 0 Å². The zero-order valence-corrected chi connectivity index (χ0v) is 27.9. The van der Waals surface area contributed by atoms with Crippen molar-refractivity contribution in [3.8, 4) is 0 Å². The number of hydrogen-bond donors (Lipinski definition) is 2. The molecule has 2 nitrogen and oxygen atoms in total. The molecule has 0 aliphatic carbocycles. The molecule has 3 heteroatoms. The predicted octanol–water partition coefficient (Wildman–Crippen LogP) is 12.2. The molecule has 0 aromatic rings. The molecule has 2 N–H and O–H groups in total. The summed E-state index contributed by atoms with van der Waals surface area (Å²) in [6.45, 7) is 4.58. The maximum Gasteiger partial charge on any atom is 0.0630 e. The fourth-order valence-electron chi connectivity index (χ4n) is 5.66. The van der Waals surface area contributed by atoms with Crippen LogP contribution in [0.5, 0.6) is 0 Å². The molecule has 2 unspecified atom stereocenters. The van der Waals surface area contributed by atoms with E-state index in [2.05, 4.69) is 13.8 Å². The Balaban J connectivity index is 3.26. The molecule has 0 heterocycles. The van der Waals surface area contributed by atoms with Crippen molar-refractivity contribution < 1.29 is 10.2 Å². The minimum atomic E-state index is -0.194. The molecule has 0 saturated heterocycles. The molecular formula is C36H74O2S. The number of thioether (sulfide) groups is 1. The van der Waals surface area contributed by atoms with Crippen LogP contribution < -0.4 is 0 Å². The Hall–Kier alpha value is 0.270. The Morgan fingerprint density at radius 3 is 0.769 bits per heavy atom. The van der Waals surface area contributed by atoms with Crippen LogP contribution in [-0.4, -0.2) is 33.9 Å². The second-order valence-electron chi connectivity index (χ2n) is 12.6. The number of unbranched alkanes of at least 4 members (excludes halogenated alkanes) is 26. The molecule has 0 amide bonds. The third kappa shape index (κ3) is 34.4. The van der Waals surface area contributed by atoms with Gasteiger partial charge in [0, 0.05) is 11.5 Å². The standard InChI is InChI=1S/C36H74O2S/c1-3-5-7-9-11-13-15-17-19-21-23-25-27-29-31-35(37)33-39-34-36(38)32-30-28-26-24-22-20-18-16-14-12-10-8-6-4-2/h35-38H,3-34H2,1-2H3. The first-order valence-electron chi connectivity index (χ1n) is 18.1. The predicted molar refractivity (Wildman–Crippen MR) is 179 cm³/mol. The van der Waals surface area contributed by atoms with E-state index in [-0.39, 0.29) is 12.2 Å². The highest BCUT2D eigenvalue weighted by atomic mass is 32.2. The second-order valence-corrected chi connectivity index (χ2v) is 13.7. The molecule has 39 heavy (non-hydrogen) atoms. The summed E-state index contributed by atoms with van der Waals surface area (Å²) in [5.41, 5.74) is 0. The number of aliphatic hydroxyl groups is 2. The lowest BCUT2D eigenvalue weighted by molar-refractivity contribution is 0.179. The summed E-state index contributed by atoms with van der Waals surface area (Å²) in [6.07, 6.45) is 40.1. The molecule has 0 fully saturated rings. The quantitative estimate of drug-likeness (QED) is 0.0756. The average molecular weight is 571 g/mol. The molecule has 0 aromatic carbocycles. The number of rotatable bonds is 34. The summed E-state index contributed by atoms with van der Waals surface area (Å²) < 4.78 is 0. The van der Waals surface area contributed by atoms with Crippen molar-refractivity contribution >= 4 is 11.8 Å². The van der Waals surface area contributed by atoms with Crippen LogP contribution in [0.25, 0.3) is 0 Å². The lowest BCUT2D eigenvalue weighted by Gasteiger charge is -2.13. The lowest BCUT2D eigenvalue weighted by atomic mass is 10.0. The van der Waals surface area contributed by atoms with Crippen molar-refractivity contribution in [2.75, 3.05) is 11.5 Å². The van der Waals surface area contributed by atoms with Gasteiger partial charge >= 0.3 is 0 Å². The van der Waals surface area contributed by atoms with E-state index in [4.69, 9.17) is 0 Å². The van der Waals surface area contributed by atoms with Gasteiger partial charge in [0.2, 0.25) is 0 Å². The van der Waals surface area contributed by atoms with Crippen LogP contribution in [0.15, 0.2) is 0 Å². The summed E-state index contributed by atoms with van der Waals surface area (Å²) in [4.78, 5) is 0. The normalized spacial score (nSPS) is 13.2. The van der Waals surface area contributed by atoms with Gasteiger partial charge in [-0.3, -0.25) is 0 Å². The van der Waals surface area contributed by atoms with Gasteiger partial charge in [-0.2, -0.15) is 11.8 Å². The topological polar surface area (TPSA) is 40.5 Å². The largest absolute Gasteiger partial charge is 0.392 e. The van der Waals surface area contributed by atoms with E-state index in [1.165, 1.54) is 167 Å². The Bertz CT molecular complexity index is 392. The van der Waals surface area contributed by atoms with Crippen molar-refractivity contribution in [3.05, 3.63) is 0 Å².